The van der Waals surface area contributed by atoms with Gasteiger partial charge in [0.25, 0.3) is 5.56 Å². The van der Waals surface area contributed by atoms with Crippen molar-refractivity contribution >= 4 is 23.3 Å². The fourth-order valence-electron chi connectivity index (χ4n) is 2.65. The van der Waals surface area contributed by atoms with Crippen LogP contribution in [0.2, 0.25) is 0 Å². The normalized spacial score (nSPS) is 19.8. The van der Waals surface area contributed by atoms with Crippen molar-refractivity contribution in [1.29, 1.82) is 0 Å². The van der Waals surface area contributed by atoms with Crippen LogP contribution < -0.4 is 10.9 Å². The van der Waals surface area contributed by atoms with E-state index in [1.54, 1.807) is 0 Å². The summed E-state index contributed by atoms with van der Waals surface area (Å²) < 4.78 is 0. The van der Waals surface area contributed by atoms with E-state index in [1.165, 1.54) is 0 Å². The smallest absolute Gasteiger partial charge is 0.252 e. The minimum Gasteiger partial charge on any atom is -0.322 e. The molecule has 1 saturated heterocycles. The van der Waals surface area contributed by atoms with Crippen molar-refractivity contribution < 1.29 is 0 Å². The number of nitrogens with one attached hydrogen (secondary N) is 2. The number of pyridine rings is 1. The van der Waals surface area contributed by atoms with Crippen LogP contribution in [0.5, 0.6) is 0 Å². The number of piperazine rings is 1. The highest BCUT2D eigenvalue weighted by Gasteiger charge is 2.18. The maximum atomic E-state index is 12.1. The van der Waals surface area contributed by atoms with Crippen LogP contribution in [-0.4, -0.2) is 35.6 Å². The molecule has 20 heavy (non-hydrogen) atoms. The van der Waals surface area contributed by atoms with Crippen molar-refractivity contribution in [1.82, 2.24) is 15.2 Å². The van der Waals surface area contributed by atoms with Crippen LogP contribution in [0, 0.1) is 0 Å². The Morgan fingerprint density at radius 1 is 1.35 bits per heavy atom. The molecule has 0 amide bonds. The van der Waals surface area contributed by atoms with E-state index < -0.39 is 0 Å². The first-order valence-electron chi connectivity index (χ1n) is 6.80. The molecule has 4 nitrogen and oxygen atoms in total. The van der Waals surface area contributed by atoms with Gasteiger partial charge in [0.05, 0.1) is 0 Å². The van der Waals surface area contributed by atoms with Gasteiger partial charge in [-0.1, -0.05) is 18.2 Å². The van der Waals surface area contributed by atoms with Crippen LogP contribution in [0.1, 0.15) is 12.5 Å². The van der Waals surface area contributed by atoms with Crippen LogP contribution >= 0.6 is 12.4 Å². The second kappa shape index (κ2) is 6.39. The van der Waals surface area contributed by atoms with Gasteiger partial charge in [-0.05, 0) is 24.4 Å². The summed E-state index contributed by atoms with van der Waals surface area (Å²) in [7, 11) is 0. The monoisotopic (exact) mass is 293 g/mol. The molecule has 2 heterocycles. The number of H-pyrrole nitrogens is 1. The Kier molecular flexibility index (Phi) is 4.81. The number of rotatable bonds is 2. The molecule has 1 aliphatic rings. The number of hydrogen-bond donors (Lipinski definition) is 2. The van der Waals surface area contributed by atoms with E-state index in [9.17, 15) is 4.79 Å². The van der Waals surface area contributed by atoms with Gasteiger partial charge in [-0.25, -0.2) is 0 Å². The van der Waals surface area contributed by atoms with E-state index >= 15 is 0 Å². The predicted octanol–water partition coefficient (Wildman–Crippen LogP) is 1.74. The molecule has 0 bridgehead atoms. The molecule has 3 rings (SSSR count). The van der Waals surface area contributed by atoms with Crippen LogP contribution in [0.4, 0.5) is 0 Å². The third kappa shape index (κ3) is 3.03. The molecule has 0 radical (unpaired) electrons. The lowest BCUT2D eigenvalue weighted by Gasteiger charge is -2.33. The number of fused-ring (bicyclic) bond motifs is 1. The Labute approximate surface area is 124 Å². The summed E-state index contributed by atoms with van der Waals surface area (Å²) in [5.41, 5.74) is 1.79. The zero-order chi connectivity index (χ0) is 13.2. The van der Waals surface area contributed by atoms with Gasteiger partial charge in [0.15, 0.2) is 0 Å². The largest absolute Gasteiger partial charge is 0.322 e. The molecule has 1 aromatic carbocycles. The quantitative estimate of drug-likeness (QED) is 0.887. The zero-order valence-electron chi connectivity index (χ0n) is 11.6. The van der Waals surface area contributed by atoms with E-state index in [4.69, 9.17) is 0 Å². The Morgan fingerprint density at radius 3 is 2.95 bits per heavy atom. The molecule has 0 saturated carbocycles. The number of benzene rings is 1. The van der Waals surface area contributed by atoms with Gasteiger partial charge in [-0.3, -0.25) is 9.69 Å². The molecule has 2 N–H and O–H groups in total. The fraction of sp³-hybridized carbons (Fsp3) is 0.400. The molecule has 0 unspecified atom stereocenters. The van der Waals surface area contributed by atoms with Crippen LogP contribution in [-0.2, 0) is 6.54 Å². The first kappa shape index (κ1) is 15.0. The van der Waals surface area contributed by atoms with E-state index in [1.807, 2.05) is 30.3 Å². The third-order valence-corrected chi connectivity index (χ3v) is 3.84. The lowest BCUT2D eigenvalue weighted by molar-refractivity contribution is 0.165. The van der Waals surface area contributed by atoms with E-state index in [2.05, 4.69) is 22.1 Å². The van der Waals surface area contributed by atoms with Gasteiger partial charge in [0.2, 0.25) is 0 Å². The molecule has 1 fully saturated rings. The molecule has 108 valence electrons. The molecule has 1 aliphatic heterocycles. The van der Waals surface area contributed by atoms with Gasteiger partial charge in [-0.2, -0.15) is 0 Å². The van der Waals surface area contributed by atoms with Crippen molar-refractivity contribution in [3.8, 4) is 0 Å². The molecular weight excluding hydrogens is 274 g/mol. The highest BCUT2D eigenvalue weighted by Crippen LogP contribution is 2.13. The fourth-order valence-corrected chi connectivity index (χ4v) is 2.65. The molecule has 0 aliphatic carbocycles. The summed E-state index contributed by atoms with van der Waals surface area (Å²) in [6.07, 6.45) is 0. The highest BCUT2D eigenvalue weighted by molar-refractivity contribution is 5.85. The second-order valence-electron chi connectivity index (χ2n) is 5.23. The van der Waals surface area contributed by atoms with Crippen molar-refractivity contribution in [3.63, 3.8) is 0 Å². The Hall–Kier alpha value is -1.36. The maximum absolute atomic E-state index is 12.1. The molecule has 0 spiro atoms. The highest BCUT2D eigenvalue weighted by atomic mass is 35.5. The van der Waals surface area contributed by atoms with Crippen molar-refractivity contribution in [2.24, 2.45) is 0 Å². The van der Waals surface area contributed by atoms with E-state index in [-0.39, 0.29) is 18.0 Å². The first-order valence-corrected chi connectivity index (χ1v) is 6.80. The summed E-state index contributed by atoms with van der Waals surface area (Å²) in [5.74, 6) is 0. The maximum Gasteiger partial charge on any atom is 0.252 e. The summed E-state index contributed by atoms with van der Waals surface area (Å²) in [5, 5.41) is 4.46. The molecule has 2 aromatic rings. The van der Waals surface area contributed by atoms with Crippen molar-refractivity contribution in [3.05, 3.63) is 46.2 Å². The van der Waals surface area contributed by atoms with Gasteiger partial charge >= 0.3 is 0 Å². The lowest BCUT2D eigenvalue weighted by atomic mass is 10.1. The average Bonchev–Trinajstić information content (AvgIpc) is 2.42. The van der Waals surface area contributed by atoms with Crippen molar-refractivity contribution in [2.75, 3.05) is 19.6 Å². The lowest BCUT2D eigenvalue weighted by Crippen LogP contribution is -2.49. The van der Waals surface area contributed by atoms with E-state index in [0.717, 1.165) is 42.6 Å². The molecule has 5 heteroatoms. The molecular formula is C15H20ClN3O. The first-order chi connectivity index (χ1) is 9.24. The Bertz CT molecular complexity index is 640. The SMILES string of the molecule is C[C@H]1CNCCN1Cc1cc2ccccc2[nH]c1=O.Cl. The van der Waals surface area contributed by atoms with Crippen LogP contribution in [0.15, 0.2) is 35.1 Å². The Morgan fingerprint density at radius 2 is 2.15 bits per heavy atom. The predicted molar refractivity (Wildman–Crippen MR) is 84.6 cm³/mol. The second-order valence-corrected chi connectivity index (χ2v) is 5.23. The summed E-state index contributed by atoms with van der Waals surface area (Å²) in [4.78, 5) is 17.4. The van der Waals surface area contributed by atoms with Gasteiger partial charge in [-0.15, -0.1) is 12.4 Å². The minimum atomic E-state index is 0. The summed E-state index contributed by atoms with van der Waals surface area (Å²) >= 11 is 0. The number of nitrogens with zero attached hydrogens (tertiary/aromatic N) is 1. The number of aromatic nitrogens is 1. The average molecular weight is 294 g/mol. The zero-order valence-corrected chi connectivity index (χ0v) is 12.4. The standard InChI is InChI=1S/C15H19N3O.ClH/c1-11-9-16-6-7-18(11)10-13-8-12-4-2-3-5-14(12)17-15(13)19;/h2-5,8,11,16H,6-7,9-10H2,1H3,(H,17,19);1H/t11-;/m0./s1. The minimum absolute atomic E-state index is 0. The number of halogens is 1. The van der Waals surface area contributed by atoms with Crippen LogP contribution in [0.3, 0.4) is 0 Å². The number of hydrogen-bond acceptors (Lipinski definition) is 3. The Balaban J connectivity index is 0.00000147. The van der Waals surface area contributed by atoms with Crippen molar-refractivity contribution in [2.45, 2.75) is 19.5 Å². The number of aromatic amines is 1. The molecule has 1 atom stereocenters. The van der Waals surface area contributed by atoms with Gasteiger partial charge in [0, 0.05) is 43.3 Å². The summed E-state index contributed by atoms with van der Waals surface area (Å²) in [6.45, 7) is 5.90. The topological polar surface area (TPSA) is 48.1 Å². The number of para-hydroxylation sites is 1. The van der Waals surface area contributed by atoms with Crippen LogP contribution in [0.25, 0.3) is 10.9 Å². The third-order valence-electron chi connectivity index (χ3n) is 3.84. The van der Waals surface area contributed by atoms with Gasteiger partial charge < -0.3 is 10.3 Å². The summed E-state index contributed by atoms with van der Waals surface area (Å²) in [6, 6.07) is 10.4. The van der Waals surface area contributed by atoms with E-state index in [0.29, 0.717) is 6.04 Å². The molecule has 1 aromatic heterocycles. The van der Waals surface area contributed by atoms with Gasteiger partial charge in [0.1, 0.15) is 0 Å².